The van der Waals surface area contributed by atoms with Crippen LogP contribution in [-0.2, 0) is 28.8 Å². The van der Waals surface area contributed by atoms with Crippen LogP contribution in [0.3, 0.4) is 0 Å². The van der Waals surface area contributed by atoms with Crippen molar-refractivity contribution in [3.63, 3.8) is 0 Å². The number of carboxylic acid groups (broad SMARTS) is 4. The number of Topliss-reactive ketones (excluding diaryl/α,β-unsaturated/α-hetero) is 1. The maximum Gasteiger partial charge on any atom is 0.371 e. The van der Waals surface area contributed by atoms with Crippen LogP contribution in [0.25, 0.3) is 0 Å². The lowest BCUT2D eigenvalue weighted by Crippen LogP contribution is -2.25. The number of hydrogen-bond acceptors (Lipinski definition) is 8. The number of ketones is 1. The van der Waals surface area contributed by atoms with E-state index in [0.29, 0.717) is 6.29 Å². The molecule has 0 aromatic carbocycles. The number of aliphatic carboxylic acids is 4. The van der Waals surface area contributed by atoms with E-state index in [-0.39, 0.29) is 21.4 Å². The van der Waals surface area contributed by atoms with Crippen molar-refractivity contribution in [1.29, 1.82) is 0 Å². The molecule has 0 aliphatic heterocycles. The van der Waals surface area contributed by atoms with Gasteiger partial charge in [-0.1, -0.05) is 21.8 Å². The molecule has 168 valence electrons. The van der Waals surface area contributed by atoms with Crippen LogP contribution in [0.15, 0.2) is 0 Å². The van der Waals surface area contributed by atoms with E-state index in [1.807, 2.05) is 0 Å². The third-order valence-corrected chi connectivity index (χ3v) is 2.06. The number of carboxylic acids is 4. The Hall–Kier alpha value is -2.86. The minimum Gasteiger partial charge on any atom is -0.481 e. The second kappa shape index (κ2) is 24.1. The van der Waals surface area contributed by atoms with Gasteiger partial charge in [0.25, 0.3) is 0 Å². The molecule has 0 aromatic rings. The lowest BCUT2D eigenvalue weighted by molar-refractivity contribution is -0.148. The number of rotatable bonds is 6. The van der Waals surface area contributed by atoms with Gasteiger partial charge in [-0.25, -0.2) is 4.79 Å². The van der Waals surface area contributed by atoms with Crippen molar-refractivity contribution in [3.8, 4) is 0 Å². The van der Waals surface area contributed by atoms with E-state index in [1.54, 1.807) is 6.92 Å². The van der Waals surface area contributed by atoms with Crippen LogP contribution in [0.4, 0.5) is 0 Å². The van der Waals surface area contributed by atoms with E-state index in [1.165, 1.54) is 13.8 Å². The van der Waals surface area contributed by atoms with Crippen LogP contribution in [0.5, 0.6) is 0 Å². The summed E-state index contributed by atoms with van der Waals surface area (Å²) in [5.74, 6) is -6.34. The molecule has 0 aliphatic carbocycles. The van der Waals surface area contributed by atoms with Gasteiger partial charge in [-0.05, 0) is 13.8 Å². The number of carbonyl (C=O) groups excluding carboxylic acids is 2. The number of hydrogen-bond donors (Lipinski definition) is 6. The van der Waals surface area contributed by atoms with Crippen LogP contribution < -0.4 is 11.5 Å². The zero-order valence-electron chi connectivity index (χ0n) is 14.9. The van der Waals surface area contributed by atoms with Gasteiger partial charge in [0.2, 0.25) is 5.78 Å². The number of nitrogens with two attached hydrogens (primary N) is 2. The molecule has 3 atom stereocenters. The highest BCUT2D eigenvalue weighted by molar-refractivity contribution is 6.31. The Morgan fingerprint density at radius 3 is 1.14 bits per heavy atom. The Balaban J connectivity index is -0.0000000564. The zero-order chi connectivity index (χ0) is 22.0. The smallest absolute Gasteiger partial charge is 0.371 e. The molecular weight excluding hydrogens is 380 g/mol. The summed E-state index contributed by atoms with van der Waals surface area (Å²) in [6.07, 6.45) is 0.391. The van der Waals surface area contributed by atoms with Gasteiger partial charge < -0.3 is 36.7 Å². The van der Waals surface area contributed by atoms with Gasteiger partial charge in [-0.3, -0.25) is 19.2 Å². The lowest BCUT2D eigenvalue weighted by Gasteiger charge is -1.96. The van der Waals surface area contributed by atoms with Crippen LogP contribution in [0.1, 0.15) is 42.5 Å². The van der Waals surface area contributed by atoms with Crippen LogP contribution >= 0.6 is 0 Å². The summed E-state index contributed by atoms with van der Waals surface area (Å²) in [6, 6.07) is -0.731. The molecule has 0 saturated heterocycles. The molecule has 0 fully saturated rings. The summed E-state index contributed by atoms with van der Waals surface area (Å²) in [6.45, 7) is 5.54. The molecule has 8 N–H and O–H groups in total. The first-order chi connectivity index (χ1) is 11.6. The fraction of sp³-hybridized carbons (Fsp3) is 0.625. The van der Waals surface area contributed by atoms with E-state index in [0.717, 1.165) is 6.92 Å². The van der Waals surface area contributed by atoms with Gasteiger partial charge in [0.1, 0.15) is 18.2 Å². The molecule has 0 bridgehead atoms. The number of aldehydes is 1. The summed E-state index contributed by atoms with van der Waals surface area (Å²) < 4.78 is 0. The lowest BCUT2D eigenvalue weighted by atomic mass is 10.2. The van der Waals surface area contributed by atoms with Crippen LogP contribution in [-0.4, -0.2) is 69.0 Å². The summed E-state index contributed by atoms with van der Waals surface area (Å²) in [5.41, 5.74) is 9.83. The van der Waals surface area contributed by atoms with Crippen molar-refractivity contribution in [3.05, 3.63) is 0 Å². The Labute approximate surface area is 164 Å². The molecule has 0 saturated carbocycles. The maximum atomic E-state index is 9.85. The van der Waals surface area contributed by atoms with Crippen molar-refractivity contribution in [1.82, 2.24) is 0 Å². The minimum atomic E-state index is -1.38. The average Bonchev–Trinajstić information content (AvgIpc) is 2.54. The molecule has 12 heteroatoms. The van der Waals surface area contributed by atoms with Crippen molar-refractivity contribution >= 4 is 35.9 Å². The first kappa shape index (κ1) is 40.0. The first-order valence-corrected chi connectivity index (χ1v) is 6.98. The van der Waals surface area contributed by atoms with E-state index in [4.69, 9.17) is 31.9 Å². The third kappa shape index (κ3) is 38.6. The van der Waals surface area contributed by atoms with Crippen LogP contribution in [0, 0.1) is 11.8 Å². The largest absolute Gasteiger partial charge is 0.481 e. The molecule has 0 heterocycles. The SMILES string of the molecule is C.C.CC(=O)C(=O)O.CC(C=O)C(=O)O.CC(N)C(=O)O.C[C@@H](CN)C(=O)O. The highest BCUT2D eigenvalue weighted by Gasteiger charge is 2.06. The molecular formula is C16H34N2O10. The molecule has 0 spiro atoms. The van der Waals surface area contributed by atoms with E-state index in [2.05, 4.69) is 0 Å². The fourth-order valence-electron chi connectivity index (χ4n) is 0.159. The monoisotopic (exact) mass is 414 g/mol. The minimum absolute atomic E-state index is 0. The van der Waals surface area contributed by atoms with Crippen LogP contribution in [0.2, 0.25) is 0 Å². The third-order valence-electron chi connectivity index (χ3n) is 2.06. The zero-order valence-corrected chi connectivity index (χ0v) is 14.9. The average molecular weight is 414 g/mol. The molecule has 0 radical (unpaired) electrons. The molecule has 2 unspecified atom stereocenters. The second-order valence-corrected chi connectivity index (χ2v) is 4.73. The molecule has 0 rings (SSSR count). The van der Waals surface area contributed by atoms with Gasteiger partial charge in [0.15, 0.2) is 0 Å². The quantitative estimate of drug-likeness (QED) is 0.190. The van der Waals surface area contributed by atoms with Gasteiger partial charge >= 0.3 is 23.9 Å². The highest BCUT2D eigenvalue weighted by atomic mass is 16.4. The Kier molecular flexibility index (Phi) is 34.5. The van der Waals surface area contributed by atoms with Crippen molar-refractivity contribution in [2.75, 3.05) is 6.54 Å². The molecule has 12 nitrogen and oxygen atoms in total. The van der Waals surface area contributed by atoms with Gasteiger partial charge in [0, 0.05) is 13.5 Å². The predicted molar refractivity (Wildman–Crippen MR) is 102 cm³/mol. The van der Waals surface area contributed by atoms with Gasteiger partial charge in [-0.2, -0.15) is 0 Å². The first-order valence-electron chi connectivity index (χ1n) is 6.98. The highest BCUT2D eigenvalue weighted by Crippen LogP contribution is 1.87. The summed E-state index contributed by atoms with van der Waals surface area (Å²) in [5, 5.41) is 31.6. The normalized spacial score (nSPS) is 11.1. The Morgan fingerprint density at radius 1 is 0.857 bits per heavy atom. The topological polar surface area (TPSA) is 235 Å². The Bertz CT molecular complexity index is 466. The van der Waals surface area contributed by atoms with Crippen molar-refractivity contribution in [2.45, 2.75) is 48.6 Å². The van der Waals surface area contributed by atoms with E-state index in [9.17, 15) is 28.8 Å². The molecule has 0 amide bonds. The maximum absolute atomic E-state index is 9.85. The van der Waals surface area contributed by atoms with Gasteiger partial charge in [-0.15, -0.1) is 0 Å². The van der Waals surface area contributed by atoms with Crippen molar-refractivity contribution in [2.24, 2.45) is 23.3 Å². The molecule has 28 heavy (non-hydrogen) atoms. The summed E-state index contributed by atoms with van der Waals surface area (Å²) in [4.78, 5) is 57.6. The molecule has 0 aromatic heterocycles. The standard InChI is InChI=1S/C4H9NO2.C4H6O3.C3H7NO2.C3H4O3.2CH4/c2*1-3(2-5)4(6)7;2*1-2(4)3(5)6;;/h3H,2,5H2,1H3,(H,6,7);2-3H,1H3,(H,6,7);2H,4H2,1H3,(H,5,6);1H3,(H,5,6);2*1H4/t3-;;;;;/m0...../s1. The number of carbonyl (C=O) groups is 6. The predicted octanol–water partition coefficient (Wildman–Crippen LogP) is -0.0778. The van der Waals surface area contributed by atoms with Crippen molar-refractivity contribution < 1.29 is 49.2 Å². The molecule has 0 aliphatic rings. The van der Waals surface area contributed by atoms with Gasteiger partial charge in [0.05, 0.1) is 5.92 Å². The summed E-state index contributed by atoms with van der Waals surface area (Å²) >= 11 is 0. The second-order valence-electron chi connectivity index (χ2n) is 4.73. The Morgan fingerprint density at radius 2 is 1.14 bits per heavy atom. The fourth-order valence-corrected chi connectivity index (χ4v) is 0.159. The summed E-state index contributed by atoms with van der Waals surface area (Å²) in [7, 11) is 0. The van der Waals surface area contributed by atoms with E-state index < -0.39 is 47.5 Å². The van der Waals surface area contributed by atoms with E-state index >= 15 is 0 Å².